The van der Waals surface area contributed by atoms with Crippen LogP contribution >= 0.6 is 0 Å². The van der Waals surface area contributed by atoms with Crippen molar-refractivity contribution in [1.29, 1.82) is 0 Å². The molecule has 2 saturated heterocycles. The minimum absolute atomic E-state index is 0.347. The van der Waals surface area contributed by atoms with Gasteiger partial charge in [0.05, 0.1) is 32.0 Å². The summed E-state index contributed by atoms with van der Waals surface area (Å²) in [5.41, 5.74) is 5.50. The molecule has 1 unspecified atom stereocenters. The van der Waals surface area contributed by atoms with Gasteiger partial charge in [-0.05, 0) is 13.0 Å². The van der Waals surface area contributed by atoms with Gasteiger partial charge in [-0.25, -0.2) is 0 Å². The molecular weight excluding hydrogens is 168 g/mol. The fourth-order valence-corrected chi connectivity index (χ4v) is 1.87. The second kappa shape index (κ2) is 4.37. The Labute approximate surface area is 79.0 Å². The first-order valence-corrected chi connectivity index (χ1v) is 5.03. The Balaban J connectivity index is 1.77. The molecule has 2 fully saturated rings. The minimum atomic E-state index is 0.347. The van der Waals surface area contributed by atoms with Crippen LogP contribution in [-0.2, 0) is 9.47 Å². The summed E-state index contributed by atoms with van der Waals surface area (Å²) >= 11 is 0. The van der Waals surface area contributed by atoms with E-state index >= 15 is 0 Å². The van der Waals surface area contributed by atoms with Gasteiger partial charge in [0.2, 0.25) is 0 Å². The first-order valence-electron chi connectivity index (χ1n) is 5.03. The van der Waals surface area contributed by atoms with Crippen LogP contribution in [0.15, 0.2) is 0 Å². The zero-order valence-corrected chi connectivity index (χ0v) is 7.95. The van der Waals surface area contributed by atoms with Crippen molar-refractivity contribution in [3.63, 3.8) is 0 Å². The summed E-state index contributed by atoms with van der Waals surface area (Å²) in [6.07, 6.45) is 1.32. The van der Waals surface area contributed by atoms with Crippen LogP contribution in [-0.4, -0.2) is 56.5 Å². The highest BCUT2D eigenvalue weighted by atomic mass is 16.5. The largest absolute Gasteiger partial charge is 0.378 e. The topological polar surface area (TPSA) is 47.7 Å². The molecular formula is C9H18N2O2. The van der Waals surface area contributed by atoms with Gasteiger partial charge in [0.1, 0.15) is 0 Å². The average Bonchev–Trinajstić information content (AvgIpc) is 2.02. The quantitative estimate of drug-likeness (QED) is 0.641. The molecule has 0 radical (unpaired) electrons. The Hall–Kier alpha value is -0.160. The third kappa shape index (κ3) is 2.20. The lowest BCUT2D eigenvalue weighted by atomic mass is 10.1. The number of hydrogen-bond acceptors (Lipinski definition) is 4. The van der Waals surface area contributed by atoms with Crippen molar-refractivity contribution in [2.75, 3.05) is 39.5 Å². The van der Waals surface area contributed by atoms with Crippen molar-refractivity contribution in [3.05, 3.63) is 0 Å². The molecule has 0 bridgehead atoms. The molecule has 0 amide bonds. The summed E-state index contributed by atoms with van der Waals surface area (Å²) in [4.78, 5) is 2.47. The Kier molecular flexibility index (Phi) is 3.16. The molecule has 1 atom stereocenters. The molecule has 2 aliphatic heterocycles. The minimum Gasteiger partial charge on any atom is -0.378 e. The van der Waals surface area contributed by atoms with Gasteiger partial charge in [-0.3, -0.25) is 4.90 Å². The van der Waals surface area contributed by atoms with Gasteiger partial charge in [-0.2, -0.15) is 0 Å². The van der Waals surface area contributed by atoms with Crippen molar-refractivity contribution in [3.8, 4) is 0 Å². The maximum Gasteiger partial charge on any atom is 0.0714 e. The van der Waals surface area contributed by atoms with E-state index in [-0.39, 0.29) is 0 Å². The van der Waals surface area contributed by atoms with E-state index in [9.17, 15) is 0 Å². The highest BCUT2D eigenvalue weighted by Gasteiger charge is 2.30. The van der Waals surface area contributed by atoms with Gasteiger partial charge < -0.3 is 15.2 Å². The van der Waals surface area contributed by atoms with E-state index < -0.39 is 0 Å². The smallest absolute Gasteiger partial charge is 0.0714 e. The summed E-state index contributed by atoms with van der Waals surface area (Å²) in [7, 11) is 0. The Bertz CT molecular complexity index is 160. The molecule has 4 heteroatoms. The number of nitrogens with zero attached hydrogens (tertiary/aromatic N) is 1. The standard InChI is InChI=1S/C9H18N2O2/c10-2-1-9-5-11(3-4-13-9)8-6-12-7-8/h8-9H,1-7,10H2. The lowest BCUT2D eigenvalue weighted by Gasteiger charge is -2.41. The van der Waals surface area contributed by atoms with Crippen LogP contribution in [0.3, 0.4) is 0 Å². The molecule has 2 aliphatic rings. The van der Waals surface area contributed by atoms with Gasteiger partial charge in [0, 0.05) is 13.1 Å². The fraction of sp³-hybridized carbons (Fsp3) is 1.00. The molecule has 0 saturated carbocycles. The molecule has 4 nitrogen and oxygen atoms in total. The lowest BCUT2D eigenvalue weighted by Crippen LogP contribution is -2.55. The Morgan fingerprint density at radius 2 is 2.23 bits per heavy atom. The number of rotatable bonds is 3. The second-order valence-corrected chi connectivity index (χ2v) is 3.76. The van der Waals surface area contributed by atoms with E-state index in [4.69, 9.17) is 15.2 Å². The van der Waals surface area contributed by atoms with E-state index in [2.05, 4.69) is 4.90 Å². The van der Waals surface area contributed by atoms with Crippen LogP contribution in [0.25, 0.3) is 0 Å². The average molecular weight is 186 g/mol. The van der Waals surface area contributed by atoms with Crippen molar-refractivity contribution in [1.82, 2.24) is 4.90 Å². The van der Waals surface area contributed by atoms with Crippen LogP contribution in [0.5, 0.6) is 0 Å². The third-order valence-electron chi connectivity index (χ3n) is 2.80. The van der Waals surface area contributed by atoms with Crippen molar-refractivity contribution in [2.24, 2.45) is 5.73 Å². The predicted molar refractivity (Wildman–Crippen MR) is 49.6 cm³/mol. The first-order chi connectivity index (χ1) is 6.40. The molecule has 2 heterocycles. The van der Waals surface area contributed by atoms with Crippen molar-refractivity contribution >= 4 is 0 Å². The number of ether oxygens (including phenoxy) is 2. The zero-order chi connectivity index (χ0) is 9.10. The molecule has 2 N–H and O–H groups in total. The van der Waals surface area contributed by atoms with E-state index in [1.54, 1.807) is 0 Å². The molecule has 2 rings (SSSR count). The Morgan fingerprint density at radius 1 is 1.38 bits per heavy atom. The summed E-state index contributed by atoms with van der Waals surface area (Å²) in [5, 5.41) is 0. The summed E-state index contributed by atoms with van der Waals surface area (Å²) in [6.45, 7) is 5.45. The third-order valence-corrected chi connectivity index (χ3v) is 2.80. The molecule has 0 spiro atoms. The monoisotopic (exact) mass is 186 g/mol. The molecule has 0 aromatic carbocycles. The maximum atomic E-state index is 5.60. The van der Waals surface area contributed by atoms with Crippen LogP contribution in [0.2, 0.25) is 0 Å². The highest BCUT2D eigenvalue weighted by Crippen LogP contribution is 2.15. The van der Waals surface area contributed by atoms with E-state index in [1.165, 1.54) is 0 Å². The summed E-state index contributed by atoms with van der Waals surface area (Å²) < 4.78 is 10.8. The Morgan fingerprint density at radius 3 is 2.85 bits per heavy atom. The van der Waals surface area contributed by atoms with Gasteiger partial charge in [-0.15, -0.1) is 0 Å². The predicted octanol–water partition coefficient (Wildman–Crippen LogP) is -0.565. The van der Waals surface area contributed by atoms with Gasteiger partial charge >= 0.3 is 0 Å². The van der Waals surface area contributed by atoms with Crippen LogP contribution in [0, 0.1) is 0 Å². The number of morpholine rings is 1. The van der Waals surface area contributed by atoms with Gasteiger partial charge in [0.25, 0.3) is 0 Å². The number of hydrogen-bond donors (Lipinski definition) is 1. The molecule has 76 valence electrons. The van der Waals surface area contributed by atoms with Crippen LogP contribution < -0.4 is 5.73 Å². The summed E-state index contributed by atoms with van der Waals surface area (Å²) in [5.74, 6) is 0. The van der Waals surface area contributed by atoms with Gasteiger partial charge in [0.15, 0.2) is 0 Å². The normalized spacial score (nSPS) is 31.6. The van der Waals surface area contributed by atoms with Crippen LogP contribution in [0.4, 0.5) is 0 Å². The lowest BCUT2D eigenvalue weighted by molar-refractivity contribution is -0.114. The SMILES string of the molecule is NCCC1CN(C2COC2)CCO1. The van der Waals surface area contributed by atoms with Gasteiger partial charge in [-0.1, -0.05) is 0 Å². The fourth-order valence-electron chi connectivity index (χ4n) is 1.87. The summed E-state index contributed by atoms with van der Waals surface area (Å²) in [6, 6.07) is 0.643. The molecule has 13 heavy (non-hydrogen) atoms. The number of nitrogens with two attached hydrogens (primary N) is 1. The van der Waals surface area contributed by atoms with Crippen molar-refractivity contribution in [2.45, 2.75) is 18.6 Å². The highest BCUT2D eigenvalue weighted by molar-refractivity contribution is 4.82. The molecule has 0 aromatic heterocycles. The van der Waals surface area contributed by atoms with Crippen LogP contribution in [0.1, 0.15) is 6.42 Å². The van der Waals surface area contributed by atoms with E-state index in [1.807, 2.05) is 0 Å². The second-order valence-electron chi connectivity index (χ2n) is 3.76. The molecule has 0 aliphatic carbocycles. The van der Waals surface area contributed by atoms with E-state index in [0.29, 0.717) is 12.1 Å². The first kappa shape index (κ1) is 9.40. The maximum absolute atomic E-state index is 5.60. The van der Waals surface area contributed by atoms with E-state index in [0.717, 1.165) is 45.9 Å². The zero-order valence-electron chi connectivity index (χ0n) is 7.95. The molecule has 0 aromatic rings. The van der Waals surface area contributed by atoms with Crippen molar-refractivity contribution < 1.29 is 9.47 Å².